The van der Waals surface area contributed by atoms with Crippen molar-refractivity contribution < 1.29 is 9.90 Å². The van der Waals surface area contributed by atoms with Crippen molar-refractivity contribution in [2.24, 2.45) is 11.1 Å². The summed E-state index contributed by atoms with van der Waals surface area (Å²) in [6, 6.07) is -0.535. The van der Waals surface area contributed by atoms with Crippen LogP contribution in [0, 0.1) is 5.41 Å². The number of hydrogen-bond acceptors (Lipinski definition) is 3. The predicted octanol–water partition coefficient (Wildman–Crippen LogP) is 1.56. The third kappa shape index (κ3) is 4.58. The van der Waals surface area contributed by atoms with Gasteiger partial charge in [0.2, 0.25) is 5.91 Å². The van der Waals surface area contributed by atoms with Gasteiger partial charge < -0.3 is 16.2 Å². The lowest BCUT2D eigenvalue weighted by atomic mass is 9.86. The second kappa shape index (κ2) is 6.02. The molecule has 0 unspecified atom stereocenters. The van der Waals surface area contributed by atoms with Gasteiger partial charge in [0.15, 0.2) is 0 Å². The molecule has 1 amide bonds. The number of nitrogens with two attached hydrogens (primary N) is 1. The largest absolute Gasteiger partial charge is 0.388 e. The van der Waals surface area contributed by atoms with Crippen LogP contribution in [-0.4, -0.2) is 29.2 Å². The molecule has 1 aliphatic rings. The first-order valence-corrected chi connectivity index (χ1v) is 7.00. The van der Waals surface area contributed by atoms with Crippen LogP contribution in [0.15, 0.2) is 0 Å². The summed E-state index contributed by atoms with van der Waals surface area (Å²) in [6.45, 7) is 6.16. The van der Waals surface area contributed by atoms with Gasteiger partial charge in [-0.3, -0.25) is 4.79 Å². The molecule has 4 nitrogen and oxygen atoms in total. The quantitative estimate of drug-likeness (QED) is 0.671. The molecule has 0 saturated heterocycles. The van der Waals surface area contributed by atoms with Crippen LogP contribution in [-0.2, 0) is 4.79 Å². The molecule has 0 aromatic heterocycles. The van der Waals surface area contributed by atoms with E-state index in [4.69, 9.17) is 5.73 Å². The number of carbonyl (C=O) groups is 1. The summed E-state index contributed by atoms with van der Waals surface area (Å²) in [5.74, 6) is -0.167. The molecule has 0 spiro atoms. The van der Waals surface area contributed by atoms with Crippen LogP contribution in [0.5, 0.6) is 0 Å². The molecule has 4 heteroatoms. The van der Waals surface area contributed by atoms with Crippen molar-refractivity contribution >= 4 is 5.91 Å². The first-order valence-electron chi connectivity index (χ1n) is 7.00. The van der Waals surface area contributed by atoms with Crippen LogP contribution in [0.4, 0.5) is 0 Å². The molecule has 4 N–H and O–H groups in total. The van der Waals surface area contributed by atoms with Gasteiger partial charge in [-0.15, -0.1) is 0 Å². The molecular formula is C14H28N2O2. The van der Waals surface area contributed by atoms with Gasteiger partial charge in [-0.05, 0) is 18.3 Å². The van der Waals surface area contributed by atoms with E-state index in [1.54, 1.807) is 0 Å². The highest BCUT2D eigenvalue weighted by Gasteiger charge is 2.31. The van der Waals surface area contributed by atoms with E-state index >= 15 is 0 Å². The Bertz CT molecular complexity index is 276. The molecule has 0 bridgehead atoms. The monoisotopic (exact) mass is 256 g/mol. The fraction of sp³-hybridized carbons (Fsp3) is 0.929. The van der Waals surface area contributed by atoms with E-state index in [1.165, 1.54) is 12.8 Å². The second-order valence-electron chi connectivity index (χ2n) is 6.70. The molecule has 1 aliphatic carbocycles. The molecule has 18 heavy (non-hydrogen) atoms. The fourth-order valence-corrected chi connectivity index (χ4v) is 2.32. The van der Waals surface area contributed by atoms with Gasteiger partial charge in [0.1, 0.15) is 0 Å². The maximum Gasteiger partial charge on any atom is 0.237 e. The summed E-state index contributed by atoms with van der Waals surface area (Å²) >= 11 is 0. The standard InChI is InChI=1S/C14H28N2O2/c1-13(2,3)11(15)12(17)16-10-14(18)8-6-4-5-7-9-14/h11,18H,4-10,15H2,1-3H3,(H,16,17)/t11-/m0/s1. The highest BCUT2D eigenvalue weighted by Crippen LogP contribution is 2.26. The molecular weight excluding hydrogens is 228 g/mol. The Morgan fingerprint density at radius 3 is 2.22 bits per heavy atom. The lowest BCUT2D eigenvalue weighted by Crippen LogP contribution is -2.52. The van der Waals surface area contributed by atoms with E-state index in [9.17, 15) is 9.90 Å². The van der Waals surface area contributed by atoms with Crippen molar-refractivity contribution in [3.8, 4) is 0 Å². The minimum atomic E-state index is -0.732. The SMILES string of the molecule is CC(C)(C)[C@@H](N)C(=O)NCC1(O)CCCCCC1. The van der Waals surface area contributed by atoms with Crippen molar-refractivity contribution in [3.63, 3.8) is 0 Å². The average Bonchev–Trinajstić information content (AvgIpc) is 2.49. The van der Waals surface area contributed by atoms with E-state index in [0.29, 0.717) is 6.54 Å². The van der Waals surface area contributed by atoms with Crippen LogP contribution < -0.4 is 11.1 Å². The number of aliphatic hydroxyl groups is 1. The van der Waals surface area contributed by atoms with E-state index in [0.717, 1.165) is 25.7 Å². The lowest BCUT2D eigenvalue weighted by molar-refractivity contribution is -0.125. The van der Waals surface area contributed by atoms with Crippen molar-refractivity contribution in [2.75, 3.05) is 6.54 Å². The third-order valence-corrected chi connectivity index (χ3v) is 3.84. The number of rotatable bonds is 3. The fourth-order valence-electron chi connectivity index (χ4n) is 2.32. The van der Waals surface area contributed by atoms with Gasteiger partial charge >= 0.3 is 0 Å². The molecule has 1 rings (SSSR count). The zero-order chi connectivity index (χ0) is 13.8. The summed E-state index contributed by atoms with van der Waals surface area (Å²) in [6.07, 6.45) is 5.99. The Hall–Kier alpha value is -0.610. The predicted molar refractivity (Wildman–Crippen MR) is 73.1 cm³/mol. The smallest absolute Gasteiger partial charge is 0.237 e. The van der Waals surface area contributed by atoms with Gasteiger partial charge in [-0.1, -0.05) is 46.5 Å². The Balaban J connectivity index is 2.46. The van der Waals surface area contributed by atoms with Gasteiger partial charge in [-0.25, -0.2) is 0 Å². The third-order valence-electron chi connectivity index (χ3n) is 3.84. The molecule has 0 aliphatic heterocycles. The number of nitrogens with one attached hydrogen (secondary N) is 1. The summed E-state index contributed by atoms with van der Waals surface area (Å²) in [4.78, 5) is 11.9. The molecule has 1 fully saturated rings. The first-order chi connectivity index (χ1) is 8.25. The van der Waals surface area contributed by atoms with E-state index in [2.05, 4.69) is 5.32 Å². The lowest BCUT2D eigenvalue weighted by Gasteiger charge is -2.30. The molecule has 1 saturated carbocycles. The van der Waals surface area contributed by atoms with Gasteiger partial charge in [0.25, 0.3) is 0 Å². The Morgan fingerprint density at radius 2 is 1.78 bits per heavy atom. The van der Waals surface area contributed by atoms with Crippen LogP contribution in [0.2, 0.25) is 0 Å². The molecule has 0 aromatic rings. The average molecular weight is 256 g/mol. The maximum absolute atomic E-state index is 11.9. The Kier molecular flexibility index (Phi) is 5.17. The molecule has 0 aromatic carbocycles. The van der Waals surface area contributed by atoms with Crippen LogP contribution in [0.1, 0.15) is 59.3 Å². The van der Waals surface area contributed by atoms with Crippen molar-refractivity contribution in [1.82, 2.24) is 5.32 Å². The molecule has 1 atom stereocenters. The zero-order valence-electron chi connectivity index (χ0n) is 12.0. The van der Waals surface area contributed by atoms with Crippen molar-refractivity contribution in [2.45, 2.75) is 70.9 Å². The van der Waals surface area contributed by atoms with Gasteiger partial charge in [0.05, 0.1) is 11.6 Å². The summed E-state index contributed by atoms with van der Waals surface area (Å²) in [7, 11) is 0. The van der Waals surface area contributed by atoms with E-state index in [1.807, 2.05) is 20.8 Å². The second-order valence-corrected chi connectivity index (χ2v) is 6.70. The van der Waals surface area contributed by atoms with Crippen LogP contribution in [0.3, 0.4) is 0 Å². The highest BCUT2D eigenvalue weighted by molar-refractivity contribution is 5.82. The van der Waals surface area contributed by atoms with Crippen LogP contribution in [0.25, 0.3) is 0 Å². The van der Waals surface area contributed by atoms with Gasteiger partial charge in [-0.2, -0.15) is 0 Å². The van der Waals surface area contributed by atoms with Crippen molar-refractivity contribution in [1.29, 1.82) is 0 Å². The minimum Gasteiger partial charge on any atom is -0.388 e. The van der Waals surface area contributed by atoms with Crippen molar-refractivity contribution in [3.05, 3.63) is 0 Å². The minimum absolute atomic E-state index is 0.167. The number of amides is 1. The van der Waals surface area contributed by atoms with Gasteiger partial charge in [0, 0.05) is 6.54 Å². The molecule has 106 valence electrons. The topological polar surface area (TPSA) is 75.4 Å². The van der Waals surface area contributed by atoms with E-state index in [-0.39, 0.29) is 11.3 Å². The summed E-state index contributed by atoms with van der Waals surface area (Å²) in [5.41, 5.74) is 4.90. The summed E-state index contributed by atoms with van der Waals surface area (Å²) < 4.78 is 0. The maximum atomic E-state index is 11.9. The highest BCUT2D eigenvalue weighted by atomic mass is 16.3. The number of hydrogen-bond donors (Lipinski definition) is 3. The molecule has 0 heterocycles. The van der Waals surface area contributed by atoms with E-state index < -0.39 is 11.6 Å². The number of carbonyl (C=O) groups excluding carboxylic acids is 1. The first kappa shape index (κ1) is 15.4. The van der Waals surface area contributed by atoms with Crippen LogP contribution >= 0.6 is 0 Å². The summed E-state index contributed by atoms with van der Waals surface area (Å²) in [5, 5.41) is 13.2. The normalized spacial score (nSPS) is 22.1. The molecule has 0 radical (unpaired) electrons. The Morgan fingerprint density at radius 1 is 1.28 bits per heavy atom. The zero-order valence-corrected chi connectivity index (χ0v) is 12.0. The Labute approximate surface area is 110 Å².